The molecule has 2 heterocycles. The van der Waals surface area contributed by atoms with Crippen LogP contribution >= 0.6 is 27.3 Å². The number of carbonyl (C=O) groups is 1. The molecule has 4 unspecified atom stereocenters. The molecule has 268 valence electrons. The average molecular weight is 773 g/mol. The van der Waals surface area contributed by atoms with Crippen molar-refractivity contribution in [2.24, 2.45) is 4.99 Å². The minimum atomic E-state index is -2.04. The van der Waals surface area contributed by atoms with Crippen LogP contribution < -0.4 is 26.6 Å². The normalized spacial score (nSPS) is 17.5. The number of aliphatic hydroxyl groups excluding tert-OH is 4. The van der Waals surface area contributed by atoms with E-state index in [2.05, 4.69) is 52.5 Å². The number of hydrogen-bond acceptors (Lipinski definition) is 14. The van der Waals surface area contributed by atoms with Crippen LogP contribution in [-0.4, -0.2) is 85.6 Å². The number of aromatic nitrogens is 1. The van der Waals surface area contributed by atoms with Gasteiger partial charge in [-0.25, -0.2) is 4.98 Å². The van der Waals surface area contributed by atoms with E-state index in [1.54, 1.807) is 12.1 Å². The molecule has 0 fully saturated rings. The number of rotatable bonds is 12. The van der Waals surface area contributed by atoms with Crippen LogP contribution in [0.2, 0.25) is 0 Å². The highest BCUT2D eigenvalue weighted by molar-refractivity contribution is 9.10. The van der Waals surface area contributed by atoms with Crippen molar-refractivity contribution in [1.29, 1.82) is 0 Å². The van der Waals surface area contributed by atoms with E-state index in [-0.39, 0.29) is 23.3 Å². The zero-order valence-electron chi connectivity index (χ0n) is 27.6. The second-order valence-electron chi connectivity index (χ2n) is 13.0. The molecule has 14 nitrogen and oxygen atoms in total. The zero-order chi connectivity index (χ0) is 36.2. The average Bonchev–Trinajstić information content (AvgIpc) is 3.50. The Labute approximate surface area is 301 Å². The Balaban J connectivity index is 1.35. The van der Waals surface area contributed by atoms with Gasteiger partial charge in [-0.2, -0.15) is 0 Å². The summed E-state index contributed by atoms with van der Waals surface area (Å²) in [6.07, 6.45) is -5.42. The monoisotopic (exact) mass is 771 g/mol. The molecule has 50 heavy (non-hydrogen) atoms. The zero-order valence-corrected chi connectivity index (χ0v) is 30.0. The molecule has 5 rings (SSSR count). The fourth-order valence-electron chi connectivity index (χ4n) is 5.37. The van der Waals surface area contributed by atoms with Gasteiger partial charge in [0.15, 0.2) is 18.5 Å². The van der Waals surface area contributed by atoms with Crippen LogP contribution in [-0.2, 0) is 10.2 Å². The number of aromatic hydroxyl groups is 1. The number of fused-ring (bicyclic) bond motifs is 1. The van der Waals surface area contributed by atoms with Crippen molar-refractivity contribution >= 4 is 55.0 Å². The minimum absolute atomic E-state index is 0.145. The molecule has 11 N–H and O–H groups in total. The SMILES string of the molecule is CC(C)(C)c1cc(Br)cc(C(NC(=O)CNC(O)c2cc(O)cc(NC3=NCC(O)CN3)c2)[C@H](NC(O)c2nc3ccccc3s2)C(O)O)c1. The molecular formula is C34H42BrN7O7S. The maximum Gasteiger partial charge on any atom is 0.234 e. The second-order valence-corrected chi connectivity index (χ2v) is 15.0. The summed E-state index contributed by atoms with van der Waals surface area (Å²) >= 11 is 4.79. The molecule has 4 aromatic rings. The number of nitrogens with one attached hydrogen (secondary N) is 5. The van der Waals surface area contributed by atoms with E-state index >= 15 is 0 Å². The number of para-hydroxylation sites is 1. The van der Waals surface area contributed by atoms with Gasteiger partial charge in [0, 0.05) is 28.3 Å². The predicted molar refractivity (Wildman–Crippen MR) is 194 cm³/mol. The summed E-state index contributed by atoms with van der Waals surface area (Å²) in [5.74, 6) is -0.357. The van der Waals surface area contributed by atoms with E-state index in [9.17, 15) is 35.4 Å². The summed E-state index contributed by atoms with van der Waals surface area (Å²) in [6.45, 7) is 6.19. The summed E-state index contributed by atoms with van der Waals surface area (Å²) in [7, 11) is 0. The first-order valence-corrected chi connectivity index (χ1v) is 17.5. The highest BCUT2D eigenvalue weighted by Gasteiger charge is 2.34. The maximum atomic E-state index is 13.5. The maximum absolute atomic E-state index is 13.5. The third-order valence-corrected chi connectivity index (χ3v) is 9.52. The predicted octanol–water partition coefficient (Wildman–Crippen LogP) is 2.19. The van der Waals surface area contributed by atoms with Gasteiger partial charge in [0.2, 0.25) is 5.91 Å². The minimum Gasteiger partial charge on any atom is -0.508 e. The number of phenols is 1. The molecule has 1 aliphatic rings. The second kappa shape index (κ2) is 16.1. The van der Waals surface area contributed by atoms with Crippen molar-refractivity contribution in [3.8, 4) is 5.75 Å². The largest absolute Gasteiger partial charge is 0.508 e. The number of anilines is 1. The molecule has 3 aromatic carbocycles. The van der Waals surface area contributed by atoms with Gasteiger partial charge >= 0.3 is 0 Å². The fraction of sp³-hybridized carbons (Fsp3) is 0.382. The number of carbonyl (C=O) groups excluding carboxylic acids is 1. The van der Waals surface area contributed by atoms with Crippen molar-refractivity contribution in [2.75, 3.05) is 25.0 Å². The molecule has 0 spiro atoms. The smallest absolute Gasteiger partial charge is 0.234 e. The van der Waals surface area contributed by atoms with Crippen molar-refractivity contribution in [2.45, 2.75) is 63.1 Å². The van der Waals surface area contributed by atoms with Crippen molar-refractivity contribution in [1.82, 2.24) is 26.3 Å². The van der Waals surface area contributed by atoms with Crippen LogP contribution in [0.5, 0.6) is 5.75 Å². The lowest BCUT2D eigenvalue weighted by Crippen LogP contribution is -2.52. The molecule has 5 atom stereocenters. The molecule has 16 heteroatoms. The standard InChI is InChI=1S/C34H42BrN7O7S/c1-34(2,3)19-8-17(9-20(35)12-19)27(28(32(48)49)42-30(47)31-40-24-6-4-5-7-25(24)50-31)41-26(45)16-36-29(46)18-10-21(13-22(43)11-18)39-33-37-14-23(44)15-38-33/h4-13,23,27-30,32,36,42-44,46-49H,14-16H2,1-3H3,(H,41,45)(H2,37,38,39)/t27?,28-,29?,30?/m0/s1. The number of nitrogens with zero attached hydrogens (tertiary/aromatic N) is 2. The number of aliphatic imine (C=N–C) groups is 1. The fourth-order valence-corrected chi connectivity index (χ4v) is 6.79. The van der Waals surface area contributed by atoms with Gasteiger partial charge in [-0.1, -0.05) is 54.9 Å². The number of halogens is 1. The van der Waals surface area contributed by atoms with Gasteiger partial charge in [0.1, 0.15) is 17.0 Å². The molecule has 0 aliphatic carbocycles. The van der Waals surface area contributed by atoms with Gasteiger partial charge in [-0.15, -0.1) is 11.3 Å². The first-order valence-electron chi connectivity index (χ1n) is 15.9. The first-order chi connectivity index (χ1) is 23.7. The quantitative estimate of drug-likeness (QED) is 0.0934. The number of hydrogen-bond donors (Lipinski definition) is 11. The molecule has 1 aliphatic heterocycles. The van der Waals surface area contributed by atoms with Crippen LogP contribution in [0.15, 0.2) is 70.1 Å². The highest BCUT2D eigenvalue weighted by Crippen LogP contribution is 2.32. The Bertz CT molecular complexity index is 1800. The van der Waals surface area contributed by atoms with E-state index in [4.69, 9.17) is 0 Å². The van der Waals surface area contributed by atoms with Crippen molar-refractivity contribution in [3.63, 3.8) is 0 Å². The van der Waals surface area contributed by atoms with Gasteiger partial charge in [-0.3, -0.25) is 20.4 Å². The van der Waals surface area contributed by atoms with E-state index < -0.39 is 49.4 Å². The number of benzene rings is 3. The van der Waals surface area contributed by atoms with Crippen LogP contribution in [0.1, 0.15) is 61.0 Å². The van der Waals surface area contributed by atoms with Crippen molar-refractivity contribution in [3.05, 3.63) is 86.8 Å². The third kappa shape index (κ3) is 9.74. The van der Waals surface area contributed by atoms with E-state index in [0.717, 1.165) is 10.3 Å². The molecule has 0 saturated carbocycles. The van der Waals surface area contributed by atoms with Crippen LogP contribution in [0.25, 0.3) is 10.2 Å². The summed E-state index contributed by atoms with van der Waals surface area (Å²) in [5.41, 5.74) is 2.48. The van der Waals surface area contributed by atoms with Gasteiger partial charge in [0.25, 0.3) is 0 Å². The number of phenolic OH excluding ortho intramolecular Hbond substituents is 1. The summed E-state index contributed by atoms with van der Waals surface area (Å²) < 4.78 is 1.54. The lowest BCUT2D eigenvalue weighted by molar-refractivity contribution is -0.124. The summed E-state index contributed by atoms with van der Waals surface area (Å²) in [6, 6.07) is 14.8. The summed E-state index contributed by atoms with van der Waals surface area (Å²) in [5, 5.41) is 78.0. The Kier molecular flexibility index (Phi) is 12.1. The number of guanidine groups is 1. The topological polar surface area (TPSA) is 224 Å². The van der Waals surface area contributed by atoms with Gasteiger partial charge in [0.05, 0.1) is 41.5 Å². The molecule has 0 radical (unpaired) electrons. The Morgan fingerprint density at radius 3 is 2.48 bits per heavy atom. The lowest BCUT2D eigenvalue weighted by Gasteiger charge is -2.33. The number of aliphatic hydroxyl groups is 5. The highest BCUT2D eigenvalue weighted by atomic mass is 79.9. The van der Waals surface area contributed by atoms with E-state index in [0.29, 0.717) is 38.8 Å². The van der Waals surface area contributed by atoms with Crippen molar-refractivity contribution < 1.29 is 35.4 Å². The first kappa shape index (κ1) is 37.5. The molecule has 1 amide bonds. The molecule has 0 saturated heterocycles. The van der Waals surface area contributed by atoms with E-state index in [1.165, 1.54) is 23.5 Å². The van der Waals surface area contributed by atoms with Crippen LogP contribution in [0.4, 0.5) is 5.69 Å². The number of thiazole rings is 1. The Morgan fingerprint density at radius 2 is 1.80 bits per heavy atom. The summed E-state index contributed by atoms with van der Waals surface area (Å²) in [4.78, 5) is 22.1. The number of amides is 1. The molecule has 0 bridgehead atoms. The van der Waals surface area contributed by atoms with Gasteiger partial charge in [-0.05, 0) is 52.9 Å². The lowest BCUT2D eigenvalue weighted by atomic mass is 9.84. The number of β-amino-alcohol motifs (C(OH)–C–C–N with tert-alkyl or cyclic N) is 1. The molecule has 1 aromatic heterocycles. The molecular weight excluding hydrogens is 730 g/mol. The van der Waals surface area contributed by atoms with Crippen LogP contribution in [0, 0.1) is 0 Å². The van der Waals surface area contributed by atoms with E-state index in [1.807, 2.05) is 57.2 Å². The third-order valence-electron chi connectivity index (χ3n) is 7.98. The Morgan fingerprint density at radius 1 is 1.04 bits per heavy atom. The van der Waals surface area contributed by atoms with Crippen LogP contribution in [0.3, 0.4) is 0 Å². The van der Waals surface area contributed by atoms with Gasteiger partial charge < -0.3 is 46.6 Å². The Hall–Kier alpha value is -3.71.